The number of carbonyl (C=O) groups excluding carboxylic acids is 1. The van der Waals surface area contributed by atoms with Crippen LogP contribution in [0.25, 0.3) is 11.0 Å². The number of nitrogens with one attached hydrogen (secondary N) is 1. The van der Waals surface area contributed by atoms with Crippen molar-refractivity contribution in [2.75, 3.05) is 27.1 Å². The van der Waals surface area contributed by atoms with Crippen LogP contribution in [0.5, 0.6) is 17.2 Å². The van der Waals surface area contributed by atoms with Crippen molar-refractivity contribution in [3.05, 3.63) is 77.9 Å². The van der Waals surface area contributed by atoms with Gasteiger partial charge in [-0.2, -0.15) is 5.10 Å². The Kier molecular flexibility index (Phi) is 7.89. The first-order valence-electron chi connectivity index (χ1n) is 10.9. The average molecular weight is 491 g/mol. The average Bonchev–Trinajstić information content (AvgIpc) is 3.24. The molecule has 0 aliphatic rings. The van der Waals surface area contributed by atoms with Crippen molar-refractivity contribution >= 4 is 34.9 Å². The van der Waals surface area contributed by atoms with Gasteiger partial charge in [-0.3, -0.25) is 4.79 Å². The van der Waals surface area contributed by atoms with E-state index in [0.717, 1.165) is 21.8 Å². The number of methoxy groups -OCH3 is 3. The van der Waals surface area contributed by atoms with E-state index in [4.69, 9.17) is 19.2 Å². The topological polar surface area (TPSA) is 87.0 Å². The van der Waals surface area contributed by atoms with E-state index >= 15 is 0 Å². The number of amides is 1. The van der Waals surface area contributed by atoms with Crippen LogP contribution in [0.15, 0.2) is 77.0 Å². The molecular formula is C26H26N4O4S. The summed E-state index contributed by atoms with van der Waals surface area (Å²) in [5.41, 5.74) is 6.35. The molecule has 1 amide bonds. The number of para-hydroxylation sites is 2. The van der Waals surface area contributed by atoms with Crippen molar-refractivity contribution in [2.24, 2.45) is 5.10 Å². The van der Waals surface area contributed by atoms with Gasteiger partial charge < -0.3 is 18.8 Å². The molecule has 3 aromatic carbocycles. The minimum Gasteiger partial charge on any atom is -0.493 e. The van der Waals surface area contributed by atoms with Crippen LogP contribution in [0.1, 0.15) is 11.1 Å². The molecule has 35 heavy (non-hydrogen) atoms. The number of imidazole rings is 1. The standard InChI is InChI=1S/C26H26N4O4S/c1-32-22-13-19(14-23(33-2)25(22)34-3)15-27-29-24(31)17-35-26-28-20-11-7-8-12-21(20)30(26)16-18-9-5-4-6-10-18/h4-15H,16-17H2,1-3H3,(H,29,31)/b27-15+. The second-order valence-corrected chi connectivity index (χ2v) is 8.44. The molecule has 180 valence electrons. The zero-order valence-corrected chi connectivity index (χ0v) is 20.5. The molecule has 8 nitrogen and oxygen atoms in total. The van der Waals surface area contributed by atoms with Gasteiger partial charge in [0.2, 0.25) is 5.75 Å². The van der Waals surface area contributed by atoms with Crippen molar-refractivity contribution in [1.29, 1.82) is 0 Å². The molecule has 0 aliphatic heterocycles. The van der Waals surface area contributed by atoms with E-state index < -0.39 is 0 Å². The fourth-order valence-electron chi connectivity index (χ4n) is 3.60. The number of ether oxygens (including phenoxy) is 3. The van der Waals surface area contributed by atoms with Gasteiger partial charge in [-0.25, -0.2) is 10.4 Å². The Labute approximate surface area is 207 Å². The maximum Gasteiger partial charge on any atom is 0.250 e. The molecule has 4 aromatic rings. The summed E-state index contributed by atoms with van der Waals surface area (Å²) in [6, 6.07) is 21.6. The largest absolute Gasteiger partial charge is 0.493 e. The SMILES string of the molecule is COc1cc(/C=N/NC(=O)CSc2nc3ccccc3n2Cc2ccccc2)cc(OC)c1OC. The van der Waals surface area contributed by atoms with Gasteiger partial charge in [0.05, 0.1) is 50.9 Å². The number of carbonyl (C=O) groups is 1. The van der Waals surface area contributed by atoms with Crippen molar-refractivity contribution in [3.63, 3.8) is 0 Å². The Morgan fingerprint density at radius 2 is 1.69 bits per heavy atom. The zero-order valence-electron chi connectivity index (χ0n) is 19.7. The van der Waals surface area contributed by atoms with Crippen LogP contribution in [0.4, 0.5) is 0 Å². The van der Waals surface area contributed by atoms with E-state index in [2.05, 4.69) is 27.2 Å². The Hall–Kier alpha value is -3.98. The highest BCUT2D eigenvalue weighted by atomic mass is 32.2. The molecule has 1 N–H and O–H groups in total. The number of hydrazone groups is 1. The van der Waals surface area contributed by atoms with Crippen LogP contribution >= 0.6 is 11.8 Å². The van der Waals surface area contributed by atoms with Crippen molar-refractivity contribution in [3.8, 4) is 17.2 Å². The predicted octanol–water partition coefficient (Wildman–Crippen LogP) is 4.35. The molecule has 0 unspecified atom stereocenters. The molecule has 9 heteroatoms. The molecule has 0 radical (unpaired) electrons. The lowest BCUT2D eigenvalue weighted by molar-refractivity contribution is -0.118. The third-order valence-corrected chi connectivity index (χ3v) is 6.20. The van der Waals surface area contributed by atoms with Gasteiger partial charge in [-0.1, -0.05) is 54.2 Å². The zero-order chi connectivity index (χ0) is 24.6. The fraction of sp³-hybridized carbons (Fsp3) is 0.192. The van der Waals surface area contributed by atoms with Crippen molar-refractivity contribution in [1.82, 2.24) is 15.0 Å². The van der Waals surface area contributed by atoms with Gasteiger partial charge >= 0.3 is 0 Å². The van der Waals surface area contributed by atoms with E-state index in [1.807, 2.05) is 42.5 Å². The summed E-state index contributed by atoms with van der Waals surface area (Å²) in [5.74, 6) is 1.44. The fourth-order valence-corrected chi connectivity index (χ4v) is 4.41. The number of thioether (sulfide) groups is 1. The number of benzene rings is 3. The van der Waals surface area contributed by atoms with Crippen molar-refractivity contribution < 1.29 is 19.0 Å². The summed E-state index contributed by atoms with van der Waals surface area (Å²) in [7, 11) is 4.63. The lowest BCUT2D eigenvalue weighted by Crippen LogP contribution is -2.20. The summed E-state index contributed by atoms with van der Waals surface area (Å²) in [6.07, 6.45) is 1.53. The summed E-state index contributed by atoms with van der Waals surface area (Å²) in [6.45, 7) is 0.671. The van der Waals surface area contributed by atoms with E-state index in [1.54, 1.807) is 33.5 Å². The number of aromatic nitrogens is 2. The minimum absolute atomic E-state index is 0.171. The van der Waals surface area contributed by atoms with E-state index in [-0.39, 0.29) is 11.7 Å². The third kappa shape index (κ3) is 5.75. The van der Waals surface area contributed by atoms with E-state index in [0.29, 0.717) is 29.4 Å². The molecule has 0 saturated heterocycles. The number of fused-ring (bicyclic) bond motifs is 1. The lowest BCUT2D eigenvalue weighted by atomic mass is 10.2. The molecule has 1 aromatic heterocycles. The summed E-state index contributed by atoms with van der Waals surface area (Å²) in [4.78, 5) is 17.2. The smallest absolute Gasteiger partial charge is 0.250 e. The molecule has 4 rings (SSSR count). The van der Waals surface area contributed by atoms with Gasteiger partial charge in [-0.05, 0) is 29.8 Å². The van der Waals surface area contributed by atoms with E-state index in [9.17, 15) is 4.79 Å². The lowest BCUT2D eigenvalue weighted by Gasteiger charge is -2.12. The summed E-state index contributed by atoms with van der Waals surface area (Å²) < 4.78 is 18.1. The van der Waals surface area contributed by atoms with Gasteiger partial charge in [-0.15, -0.1) is 0 Å². The molecular weight excluding hydrogens is 464 g/mol. The predicted molar refractivity (Wildman–Crippen MR) is 138 cm³/mol. The van der Waals surface area contributed by atoms with Crippen LogP contribution in [-0.4, -0.2) is 48.8 Å². The first-order valence-corrected chi connectivity index (χ1v) is 11.9. The van der Waals surface area contributed by atoms with Gasteiger partial charge in [0, 0.05) is 5.56 Å². The van der Waals surface area contributed by atoms with Crippen molar-refractivity contribution in [2.45, 2.75) is 11.7 Å². The van der Waals surface area contributed by atoms with E-state index in [1.165, 1.54) is 18.0 Å². The molecule has 1 heterocycles. The molecule has 0 aliphatic carbocycles. The number of hydrogen-bond acceptors (Lipinski definition) is 7. The molecule has 0 spiro atoms. The number of rotatable bonds is 10. The minimum atomic E-state index is -0.239. The highest BCUT2D eigenvalue weighted by Crippen LogP contribution is 2.37. The quantitative estimate of drug-likeness (QED) is 0.202. The highest BCUT2D eigenvalue weighted by molar-refractivity contribution is 7.99. The van der Waals surface area contributed by atoms with Gasteiger partial charge in [0.1, 0.15) is 0 Å². The summed E-state index contributed by atoms with van der Waals surface area (Å²) >= 11 is 1.37. The monoisotopic (exact) mass is 490 g/mol. The third-order valence-electron chi connectivity index (χ3n) is 5.23. The number of hydrogen-bond donors (Lipinski definition) is 1. The first kappa shape index (κ1) is 24.2. The molecule has 0 saturated carbocycles. The Morgan fingerprint density at radius 1 is 1.00 bits per heavy atom. The molecule has 0 atom stereocenters. The second kappa shape index (κ2) is 11.4. The summed E-state index contributed by atoms with van der Waals surface area (Å²) in [5, 5.41) is 4.85. The maximum atomic E-state index is 12.5. The molecule has 0 bridgehead atoms. The Morgan fingerprint density at radius 3 is 2.37 bits per heavy atom. The number of nitrogens with zero attached hydrogens (tertiary/aromatic N) is 3. The maximum absolute atomic E-state index is 12.5. The van der Waals surface area contributed by atoms with Gasteiger partial charge in [0.25, 0.3) is 5.91 Å². The van der Waals surface area contributed by atoms with Gasteiger partial charge in [0.15, 0.2) is 16.7 Å². The van der Waals surface area contributed by atoms with Crippen LogP contribution in [0.2, 0.25) is 0 Å². The second-order valence-electron chi connectivity index (χ2n) is 7.50. The normalized spacial score (nSPS) is 11.1. The van der Waals surface area contributed by atoms with Crippen LogP contribution in [-0.2, 0) is 11.3 Å². The van der Waals surface area contributed by atoms with Crippen LogP contribution in [0, 0.1) is 0 Å². The highest BCUT2D eigenvalue weighted by Gasteiger charge is 2.14. The molecule has 0 fully saturated rings. The van der Waals surface area contributed by atoms with Crippen LogP contribution in [0.3, 0.4) is 0 Å². The first-order chi connectivity index (χ1) is 17.1. The Balaban J connectivity index is 1.43. The van der Waals surface area contributed by atoms with Crippen LogP contribution < -0.4 is 19.6 Å². The Bertz CT molecular complexity index is 1310.